The van der Waals surface area contributed by atoms with E-state index in [4.69, 9.17) is 21.5 Å². The monoisotopic (exact) mass is 881 g/mol. The van der Waals surface area contributed by atoms with Gasteiger partial charge in [0, 0.05) is 33.6 Å². The quantitative estimate of drug-likeness (QED) is 0.136. The molecule has 2 heterocycles. The molecular weight excluding hydrogens is 839 g/mol. The predicted molar refractivity (Wildman–Crippen MR) is 284 cm³/mol. The van der Waals surface area contributed by atoms with Gasteiger partial charge in [0.1, 0.15) is 0 Å². The van der Waals surface area contributed by atoms with E-state index in [2.05, 4.69) is 210 Å². The smallest absolute Gasteiger partial charge is 0.188 e. The van der Waals surface area contributed by atoms with Gasteiger partial charge in [-0.3, -0.25) is 0 Å². The second-order valence-corrected chi connectivity index (χ2v) is 17.4. The van der Waals surface area contributed by atoms with E-state index in [-0.39, 0.29) is 5.92 Å². The fourth-order valence-electron chi connectivity index (χ4n) is 9.78. The van der Waals surface area contributed by atoms with E-state index in [0.717, 1.165) is 89.5 Å². The Hall–Kier alpha value is -9.24. The van der Waals surface area contributed by atoms with Gasteiger partial charge in [0.2, 0.25) is 0 Å². The summed E-state index contributed by atoms with van der Waals surface area (Å²) in [7, 11) is 0. The zero-order valence-corrected chi connectivity index (χ0v) is 37.6. The van der Waals surface area contributed by atoms with Crippen LogP contribution in [0, 0.1) is 6.57 Å². The first kappa shape index (κ1) is 41.2. The molecule has 324 valence electrons. The molecule has 1 atom stereocenters. The Kier molecular flexibility index (Phi) is 10.7. The van der Waals surface area contributed by atoms with Crippen molar-refractivity contribution in [3.8, 4) is 73.2 Å². The van der Waals surface area contributed by atoms with Gasteiger partial charge in [0.25, 0.3) is 0 Å². The lowest BCUT2D eigenvalue weighted by Gasteiger charge is -2.25. The van der Waals surface area contributed by atoms with Crippen LogP contribution in [0.1, 0.15) is 23.5 Å². The van der Waals surface area contributed by atoms with E-state index in [0.29, 0.717) is 23.2 Å². The molecule has 5 heteroatoms. The van der Waals surface area contributed by atoms with Crippen molar-refractivity contribution in [1.29, 1.82) is 0 Å². The van der Waals surface area contributed by atoms with Crippen molar-refractivity contribution in [2.24, 2.45) is 0 Å². The number of fused-ring (bicyclic) bond motifs is 3. The molecule has 0 fully saturated rings. The summed E-state index contributed by atoms with van der Waals surface area (Å²) in [6.45, 7) is 8.08. The fourth-order valence-corrected chi connectivity index (χ4v) is 9.78. The average molecular weight is 882 g/mol. The van der Waals surface area contributed by atoms with Gasteiger partial charge >= 0.3 is 0 Å². The summed E-state index contributed by atoms with van der Waals surface area (Å²) in [6, 6.07) is 78.4. The Morgan fingerprint density at radius 2 is 0.884 bits per heavy atom. The molecule has 1 aliphatic rings. The third kappa shape index (κ3) is 7.90. The molecule has 69 heavy (non-hydrogen) atoms. The van der Waals surface area contributed by atoms with Crippen LogP contribution in [0.2, 0.25) is 0 Å². The highest BCUT2D eigenvalue weighted by Crippen LogP contribution is 2.46. The van der Waals surface area contributed by atoms with Crippen LogP contribution in [-0.2, 0) is 0 Å². The summed E-state index contributed by atoms with van der Waals surface area (Å²) >= 11 is 0. The summed E-state index contributed by atoms with van der Waals surface area (Å²) in [6.07, 6.45) is 7.79. The molecule has 0 saturated heterocycles. The first-order valence-electron chi connectivity index (χ1n) is 23.3. The Morgan fingerprint density at radius 1 is 0.420 bits per heavy atom. The highest BCUT2D eigenvalue weighted by atomic mass is 15.0. The Morgan fingerprint density at radius 3 is 1.43 bits per heavy atom. The summed E-state index contributed by atoms with van der Waals surface area (Å²) in [5, 5.41) is 2.11. The first-order chi connectivity index (χ1) is 34.1. The molecule has 9 aromatic carbocycles. The van der Waals surface area contributed by atoms with Crippen molar-refractivity contribution in [2.75, 3.05) is 0 Å². The van der Waals surface area contributed by atoms with Gasteiger partial charge in [0.05, 0.1) is 23.3 Å². The van der Waals surface area contributed by atoms with E-state index in [9.17, 15) is 0 Å². The number of nitrogens with zero attached hydrogens (tertiary/aromatic N) is 5. The lowest BCUT2D eigenvalue weighted by molar-refractivity contribution is 0.846. The number of rotatable bonds is 9. The summed E-state index contributed by atoms with van der Waals surface area (Å²) in [4.78, 5) is 19.6. The molecule has 0 aliphatic heterocycles. The largest absolute Gasteiger partial charge is 0.308 e. The number of aromatic nitrogens is 4. The lowest BCUT2D eigenvalue weighted by Crippen LogP contribution is -2.09. The number of allylic oxidation sites excluding steroid dienone is 4. The van der Waals surface area contributed by atoms with Crippen LogP contribution in [0.3, 0.4) is 0 Å². The lowest BCUT2D eigenvalue weighted by atomic mass is 9.84. The summed E-state index contributed by atoms with van der Waals surface area (Å²) < 4.78 is 2.44. The van der Waals surface area contributed by atoms with Crippen LogP contribution in [0.15, 0.2) is 243 Å². The molecule has 0 spiro atoms. The zero-order valence-electron chi connectivity index (χ0n) is 37.6. The molecule has 5 nitrogen and oxygen atoms in total. The van der Waals surface area contributed by atoms with Crippen molar-refractivity contribution < 1.29 is 0 Å². The van der Waals surface area contributed by atoms with Gasteiger partial charge in [-0.25, -0.2) is 19.8 Å². The van der Waals surface area contributed by atoms with Gasteiger partial charge in [-0.1, -0.05) is 206 Å². The topological polar surface area (TPSA) is 48.0 Å². The molecule has 12 rings (SSSR count). The third-order valence-electron chi connectivity index (χ3n) is 13.2. The van der Waals surface area contributed by atoms with Gasteiger partial charge in [-0.05, 0) is 92.7 Å². The normalized spacial score (nSPS) is 13.3. The summed E-state index contributed by atoms with van der Waals surface area (Å²) in [5.74, 6) is 1.80. The molecular formula is C64H43N5. The average Bonchev–Trinajstić information content (AvgIpc) is 3.76. The number of hydrogen-bond acceptors (Lipinski definition) is 3. The minimum atomic E-state index is -0.0163. The van der Waals surface area contributed by atoms with Gasteiger partial charge < -0.3 is 4.57 Å². The Balaban J connectivity index is 1.16. The maximum absolute atomic E-state index is 8.08. The van der Waals surface area contributed by atoms with Crippen molar-refractivity contribution >= 4 is 33.1 Å². The van der Waals surface area contributed by atoms with E-state index in [1.165, 1.54) is 11.1 Å². The predicted octanol–water partition coefficient (Wildman–Crippen LogP) is 16.6. The third-order valence-corrected chi connectivity index (χ3v) is 13.2. The minimum Gasteiger partial charge on any atom is -0.308 e. The van der Waals surface area contributed by atoms with Gasteiger partial charge in [0.15, 0.2) is 23.2 Å². The maximum Gasteiger partial charge on any atom is 0.188 e. The minimum absolute atomic E-state index is 0.0163. The molecule has 1 unspecified atom stereocenters. The van der Waals surface area contributed by atoms with E-state index in [1.807, 2.05) is 42.5 Å². The van der Waals surface area contributed by atoms with E-state index in [1.54, 1.807) is 0 Å². The van der Waals surface area contributed by atoms with Crippen molar-refractivity contribution in [1.82, 2.24) is 19.5 Å². The number of hydrogen-bond donors (Lipinski definition) is 0. The van der Waals surface area contributed by atoms with Crippen LogP contribution >= 0.6 is 0 Å². The fraction of sp³-hybridized carbons (Fsp3) is 0.0312. The Bertz CT molecular complexity index is 3720. The Labute approximate surface area is 401 Å². The molecule has 0 amide bonds. The molecule has 0 bridgehead atoms. The second-order valence-electron chi connectivity index (χ2n) is 17.4. The molecule has 11 aromatic rings. The van der Waals surface area contributed by atoms with Crippen LogP contribution in [0.5, 0.6) is 0 Å². The van der Waals surface area contributed by atoms with Crippen molar-refractivity contribution in [3.05, 3.63) is 265 Å². The highest BCUT2D eigenvalue weighted by Gasteiger charge is 2.26. The molecule has 0 radical (unpaired) electrons. The van der Waals surface area contributed by atoms with E-state index < -0.39 is 0 Å². The zero-order chi connectivity index (χ0) is 46.1. The summed E-state index contributed by atoms with van der Waals surface area (Å²) in [5.41, 5.74) is 16.7. The first-order valence-corrected chi connectivity index (χ1v) is 23.3. The van der Waals surface area contributed by atoms with Crippen LogP contribution in [-0.4, -0.2) is 19.5 Å². The SMILES string of the molecule is [C-]#[N+]c1ccc2c(c1)c1cc(-c3ccccc3)ccc1n2-c1c(-c2ccc(-c3ccccc3)cc2)cc(-c2nc(-c3ccccc3)nc(-c3ccccc3)n2)cc1C1C=CC(c2ccccc2)=CC1. The molecule has 0 N–H and O–H groups in total. The van der Waals surface area contributed by atoms with Gasteiger partial charge in [-0.2, -0.15) is 0 Å². The van der Waals surface area contributed by atoms with Crippen molar-refractivity contribution in [3.63, 3.8) is 0 Å². The van der Waals surface area contributed by atoms with Crippen LogP contribution < -0.4 is 0 Å². The maximum atomic E-state index is 8.08. The molecule has 2 aromatic heterocycles. The van der Waals surface area contributed by atoms with Crippen molar-refractivity contribution in [2.45, 2.75) is 12.3 Å². The van der Waals surface area contributed by atoms with Crippen LogP contribution in [0.4, 0.5) is 5.69 Å². The molecule has 1 aliphatic carbocycles. The molecule has 0 saturated carbocycles. The number of benzene rings is 9. The van der Waals surface area contributed by atoms with Gasteiger partial charge in [-0.15, -0.1) is 0 Å². The van der Waals surface area contributed by atoms with E-state index >= 15 is 0 Å². The highest BCUT2D eigenvalue weighted by molar-refractivity contribution is 6.12. The standard InChI is InChI=1S/C64H43N5/c1-65-54-36-38-60-58(42-54)57-39-52(45-21-11-4-12-22-45)35-37-59(57)69(60)61-55(48-31-27-46(28-32-48)43-17-7-2-8-18-43)40-53(41-56(61)49-33-29-47(30-34-49)44-19-9-3-10-20-44)64-67-62(50-23-13-5-14-24-50)66-63(68-64)51-25-15-6-16-26-51/h2-33,35-42,49H,34H2. The second kappa shape index (κ2) is 17.9. The van der Waals surface area contributed by atoms with Crippen LogP contribution in [0.25, 0.3) is 105 Å².